The second kappa shape index (κ2) is 9.66. The molecule has 0 saturated carbocycles. The van der Waals surface area contributed by atoms with Crippen LogP contribution in [0.3, 0.4) is 0 Å². The molecular formula is C13H24FN. The van der Waals surface area contributed by atoms with E-state index in [1.54, 1.807) is 0 Å². The van der Waals surface area contributed by atoms with Gasteiger partial charge in [-0.15, -0.1) is 0 Å². The maximum absolute atomic E-state index is 12.8. The van der Waals surface area contributed by atoms with Gasteiger partial charge in [0.05, 0.1) is 0 Å². The van der Waals surface area contributed by atoms with Crippen molar-refractivity contribution in [1.29, 1.82) is 0 Å². The molecule has 0 bridgehead atoms. The fraction of sp³-hybridized carbons (Fsp3) is 0.538. The molecule has 1 nitrogen and oxygen atoms in total. The predicted molar refractivity (Wildman–Crippen MR) is 67.6 cm³/mol. The molecular weight excluding hydrogens is 189 g/mol. The van der Waals surface area contributed by atoms with Crippen molar-refractivity contribution in [3.63, 3.8) is 0 Å². The highest BCUT2D eigenvalue weighted by atomic mass is 19.1. The summed E-state index contributed by atoms with van der Waals surface area (Å²) in [5, 5.41) is 3.13. The first-order valence-corrected chi connectivity index (χ1v) is 5.35. The first-order chi connectivity index (χ1) is 7.02. The zero-order valence-electron chi connectivity index (χ0n) is 10.6. The summed E-state index contributed by atoms with van der Waals surface area (Å²) in [5.41, 5.74) is 0.0188. The first-order valence-electron chi connectivity index (χ1n) is 5.35. The van der Waals surface area contributed by atoms with Crippen LogP contribution < -0.4 is 5.32 Å². The summed E-state index contributed by atoms with van der Waals surface area (Å²) in [7, 11) is 1.89. The lowest BCUT2D eigenvalue weighted by Gasteiger charge is -2.21. The van der Waals surface area contributed by atoms with Crippen LogP contribution in [0.2, 0.25) is 0 Å². The average Bonchev–Trinajstić information content (AvgIpc) is 2.21. The number of allylic oxidation sites excluding steroid dienone is 4. The van der Waals surface area contributed by atoms with Crippen molar-refractivity contribution in [1.82, 2.24) is 5.32 Å². The van der Waals surface area contributed by atoms with Crippen molar-refractivity contribution in [2.75, 3.05) is 7.05 Å². The molecule has 0 aliphatic carbocycles. The summed E-state index contributed by atoms with van der Waals surface area (Å²) in [6.07, 6.45) is 6.83. The third-order valence-electron chi connectivity index (χ3n) is 1.86. The van der Waals surface area contributed by atoms with E-state index in [0.29, 0.717) is 0 Å². The molecule has 0 aromatic carbocycles. The fourth-order valence-electron chi connectivity index (χ4n) is 0.736. The van der Waals surface area contributed by atoms with Crippen LogP contribution >= 0.6 is 0 Å². The van der Waals surface area contributed by atoms with E-state index in [2.05, 4.69) is 25.7 Å². The minimum atomic E-state index is -0.262. The largest absolute Gasteiger partial charge is 0.315 e. The Morgan fingerprint density at radius 1 is 1.40 bits per heavy atom. The summed E-state index contributed by atoms with van der Waals surface area (Å²) in [6.45, 7) is 11.5. The minimum absolute atomic E-state index is 0.0188. The van der Waals surface area contributed by atoms with Gasteiger partial charge in [-0.25, -0.2) is 4.39 Å². The Kier molecular flexibility index (Phi) is 10.6. The van der Waals surface area contributed by atoms with E-state index in [0.717, 1.165) is 6.42 Å². The molecule has 0 aromatic heterocycles. The zero-order chi connectivity index (χ0) is 12.3. The van der Waals surface area contributed by atoms with E-state index < -0.39 is 0 Å². The van der Waals surface area contributed by atoms with Gasteiger partial charge >= 0.3 is 0 Å². The van der Waals surface area contributed by atoms with Gasteiger partial charge in [0, 0.05) is 5.54 Å². The molecule has 0 rings (SSSR count). The zero-order valence-corrected chi connectivity index (χ0v) is 10.6. The number of hydrogen-bond acceptors (Lipinski definition) is 1. The van der Waals surface area contributed by atoms with Crippen molar-refractivity contribution >= 4 is 0 Å². The fourth-order valence-corrected chi connectivity index (χ4v) is 0.736. The molecule has 15 heavy (non-hydrogen) atoms. The second-order valence-corrected chi connectivity index (χ2v) is 3.53. The van der Waals surface area contributed by atoms with E-state index >= 15 is 0 Å². The molecule has 0 saturated heterocycles. The Labute approximate surface area is 93.8 Å². The van der Waals surface area contributed by atoms with Gasteiger partial charge in [0.15, 0.2) is 0 Å². The molecule has 0 unspecified atom stereocenters. The third kappa shape index (κ3) is 11.0. The lowest BCUT2D eigenvalue weighted by Crippen LogP contribution is -2.35. The quantitative estimate of drug-likeness (QED) is 0.681. The minimum Gasteiger partial charge on any atom is -0.315 e. The Balaban J connectivity index is 0. The highest BCUT2D eigenvalue weighted by Crippen LogP contribution is 2.09. The Morgan fingerprint density at radius 2 is 1.93 bits per heavy atom. The maximum Gasteiger partial charge on any atom is 0.122 e. The second-order valence-electron chi connectivity index (χ2n) is 3.53. The van der Waals surface area contributed by atoms with Crippen LogP contribution in [-0.4, -0.2) is 12.6 Å². The first kappa shape index (κ1) is 16.5. The maximum atomic E-state index is 12.8. The summed E-state index contributed by atoms with van der Waals surface area (Å²) in [6, 6.07) is 0. The predicted octanol–water partition coefficient (Wildman–Crippen LogP) is 4.00. The molecule has 0 heterocycles. The lowest BCUT2D eigenvalue weighted by molar-refractivity contribution is 0.429. The van der Waals surface area contributed by atoms with Gasteiger partial charge in [-0.2, -0.15) is 0 Å². The number of nitrogens with one attached hydrogen (secondary N) is 1. The highest BCUT2D eigenvalue weighted by molar-refractivity contribution is 5.16. The van der Waals surface area contributed by atoms with Crippen LogP contribution in [0.25, 0.3) is 0 Å². The smallest absolute Gasteiger partial charge is 0.122 e. The third-order valence-corrected chi connectivity index (χ3v) is 1.86. The lowest BCUT2D eigenvalue weighted by atomic mass is 10.0. The van der Waals surface area contributed by atoms with Gasteiger partial charge in [0.2, 0.25) is 0 Å². The molecule has 88 valence electrons. The van der Waals surface area contributed by atoms with Gasteiger partial charge in [0.25, 0.3) is 0 Å². The van der Waals surface area contributed by atoms with Gasteiger partial charge < -0.3 is 5.32 Å². The highest BCUT2D eigenvalue weighted by Gasteiger charge is 2.11. The monoisotopic (exact) mass is 213 g/mol. The van der Waals surface area contributed by atoms with Gasteiger partial charge in [-0.1, -0.05) is 32.6 Å². The molecule has 0 fully saturated rings. The number of hydrogen-bond donors (Lipinski definition) is 1. The van der Waals surface area contributed by atoms with Gasteiger partial charge in [-0.05, 0) is 39.5 Å². The van der Waals surface area contributed by atoms with Gasteiger partial charge in [-0.3, -0.25) is 0 Å². The van der Waals surface area contributed by atoms with Gasteiger partial charge in [0.1, 0.15) is 5.83 Å². The van der Waals surface area contributed by atoms with Crippen LogP contribution in [-0.2, 0) is 0 Å². The average molecular weight is 213 g/mol. The molecule has 0 aliphatic rings. The van der Waals surface area contributed by atoms with Crippen LogP contribution in [0, 0.1) is 0 Å². The standard InChI is InChI=1S/C11H18FN.C2H6/c1-5-7-10(12)8-6-9-11(2,3)13-4;1-2/h5-8,13H,1,9H2,2-4H3;1-2H3/b8-6-,10-7+;. The topological polar surface area (TPSA) is 12.0 Å². The van der Waals surface area contributed by atoms with E-state index in [1.165, 1.54) is 18.2 Å². The van der Waals surface area contributed by atoms with Crippen molar-refractivity contribution < 1.29 is 4.39 Å². The van der Waals surface area contributed by atoms with Crippen molar-refractivity contribution in [3.8, 4) is 0 Å². The Hall–Kier alpha value is -0.890. The SMILES string of the molecule is C=C/C=C(F)\C=C/CC(C)(C)NC.CC. The molecule has 0 aliphatic heterocycles. The molecule has 0 spiro atoms. The van der Waals surface area contributed by atoms with E-state index in [4.69, 9.17) is 0 Å². The molecule has 0 atom stereocenters. The van der Waals surface area contributed by atoms with Crippen LogP contribution in [0.15, 0.2) is 36.7 Å². The Morgan fingerprint density at radius 3 is 2.33 bits per heavy atom. The normalized spacial score (nSPS) is 12.3. The van der Waals surface area contributed by atoms with Crippen molar-refractivity contribution in [3.05, 3.63) is 36.7 Å². The summed E-state index contributed by atoms with van der Waals surface area (Å²) >= 11 is 0. The molecule has 1 N–H and O–H groups in total. The van der Waals surface area contributed by atoms with E-state index in [1.807, 2.05) is 27.0 Å². The van der Waals surface area contributed by atoms with Crippen molar-refractivity contribution in [2.24, 2.45) is 0 Å². The molecule has 0 aromatic rings. The van der Waals surface area contributed by atoms with Crippen LogP contribution in [0.1, 0.15) is 34.1 Å². The molecule has 0 amide bonds. The van der Waals surface area contributed by atoms with E-state index in [-0.39, 0.29) is 11.4 Å². The van der Waals surface area contributed by atoms with E-state index in [9.17, 15) is 4.39 Å². The summed E-state index contributed by atoms with van der Waals surface area (Å²) in [5.74, 6) is -0.262. The number of halogens is 1. The van der Waals surface area contributed by atoms with Crippen molar-refractivity contribution in [2.45, 2.75) is 39.7 Å². The van der Waals surface area contributed by atoms with Crippen LogP contribution in [0.4, 0.5) is 4.39 Å². The summed E-state index contributed by atoms with van der Waals surface area (Å²) < 4.78 is 12.8. The number of rotatable bonds is 5. The molecule has 2 heteroatoms. The van der Waals surface area contributed by atoms with Crippen LogP contribution in [0.5, 0.6) is 0 Å². The Bertz CT molecular complexity index is 215. The summed E-state index contributed by atoms with van der Waals surface area (Å²) in [4.78, 5) is 0. The molecule has 0 radical (unpaired) electrons.